The summed E-state index contributed by atoms with van der Waals surface area (Å²) in [6.45, 7) is 6.55. The highest BCUT2D eigenvalue weighted by molar-refractivity contribution is 5.43. The summed E-state index contributed by atoms with van der Waals surface area (Å²) in [5.74, 6) is 3.41. The highest BCUT2D eigenvalue weighted by Crippen LogP contribution is 2.15. The zero-order chi connectivity index (χ0) is 14.5. The van der Waals surface area contributed by atoms with Crippen molar-refractivity contribution in [2.24, 2.45) is 0 Å². The van der Waals surface area contributed by atoms with Crippen molar-refractivity contribution in [3.05, 3.63) is 41.7 Å². The van der Waals surface area contributed by atoms with Gasteiger partial charge in [0.15, 0.2) is 0 Å². The Morgan fingerprint density at radius 1 is 1.20 bits per heavy atom. The Morgan fingerprint density at radius 3 is 2.70 bits per heavy atom. The highest BCUT2D eigenvalue weighted by atomic mass is 16.5. The number of rotatable bonds is 5. The number of aromatic nitrogens is 3. The minimum Gasteiger partial charge on any atom is -0.493 e. The van der Waals surface area contributed by atoms with E-state index in [4.69, 9.17) is 10.5 Å². The van der Waals surface area contributed by atoms with Crippen molar-refractivity contribution in [2.75, 3.05) is 12.3 Å². The van der Waals surface area contributed by atoms with Gasteiger partial charge in [0.25, 0.3) is 0 Å². The van der Waals surface area contributed by atoms with Crippen molar-refractivity contribution in [3.8, 4) is 5.75 Å². The van der Waals surface area contributed by atoms with Crippen LogP contribution in [0.5, 0.6) is 5.75 Å². The van der Waals surface area contributed by atoms with Crippen molar-refractivity contribution in [3.63, 3.8) is 0 Å². The fourth-order valence-corrected chi connectivity index (χ4v) is 1.79. The van der Waals surface area contributed by atoms with Crippen LogP contribution in [0.15, 0.2) is 24.3 Å². The van der Waals surface area contributed by atoms with Gasteiger partial charge in [-0.25, -0.2) is 15.0 Å². The van der Waals surface area contributed by atoms with Gasteiger partial charge in [-0.3, -0.25) is 0 Å². The molecular weight excluding hydrogens is 252 g/mol. The fourth-order valence-electron chi connectivity index (χ4n) is 1.79. The molecule has 1 aromatic carbocycles. The summed E-state index contributed by atoms with van der Waals surface area (Å²) in [7, 11) is 0. The monoisotopic (exact) mass is 272 g/mol. The number of anilines is 1. The lowest BCUT2D eigenvalue weighted by molar-refractivity contribution is 0.318. The molecule has 0 atom stereocenters. The van der Waals surface area contributed by atoms with E-state index in [0.717, 1.165) is 23.2 Å². The number of nitrogens with two attached hydrogens (primary N) is 1. The molecule has 1 heterocycles. The maximum absolute atomic E-state index is 5.70. The van der Waals surface area contributed by atoms with Crippen LogP contribution < -0.4 is 10.5 Å². The van der Waals surface area contributed by atoms with E-state index in [1.54, 1.807) is 6.07 Å². The molecule has 0 spiro atoms. The first-order valence-electron chi connectivity index (χ1n) is 6.74. The maximum Gasteiger partial charge on any atom is 0.136 e. The number of benzene rings is 1. The topological polar surface area (TPSA) is 73.9 Å². The Morgan fingerprint density at radius 2 is 2.00 bits per heavy atom. The van der Waals surface area contributed by atoms with Crippen LogP contribution in [-0.2, 0) is 6.42 Å². The average Bonchev–Trinajstić information content (AvgIpc) is 2.38. The summed E-state index contributed by atoms with van der Waals surface area (Å²) in [6.07, 6.45) is 0.651. The van der Waals surface area contributed by atoms with Crippen LogP contribution in [0.25, 0.3) is 0 Å². The molecule has 0 saturated carbocycles. The summed E-state index contributed by atoms with van der Waals surface area (Å²) >= 11 is 0. The van der Waals surface area contributed by atoms with Crippen molar-refractivity contribution in [1.82, 2.24) is 15.0 Å². The molecule has 106 valence electrons. The second kappa shape index (κ2) is 6.32. The minimum atomic E-state index is 0.297. The van der Waals surface area contributed by atoms with E-state index in [9.17, 15) is 0 Å². The van der Waals surface area contributed by atoms with E-state index in [-0.39, 0.29) is 0 Å². The summed E-state index contributed by atoms with van der Waals surface area (Å²) in [6, 6.07) is 7.39. The zero-order valence-electron chi connectivity index (χ0n) is 12.1. The average molecular weight is 272 g/mol. The zero-order valence-corrected chi connectivity index (χ0v) is 12.1. The van der Waals surface area contributed by atoms with Crippen LogP contribution >= 0.6 is 0 Å². The van der Waals surface area contributed by atoms with Gasteiger partial charge in [-0.05, 0) is 19.1 Å². The minimum absolute atomic E-state index is 0.297. The maximum atomic E-state index is 5.70. The highest BCUT2D eigenvalue weighted by Gasteiger charge is 2.07. The van der Waals surface area contributed by atoms with Gasteiger partial charge in [0.1, 0.15) is 23.2 Å². The van der Waals surface area contributed by atoms with Crippen LogP contribution in [0.4, 0.5) is 5.69 Å². The van der Waals surface area contributed by atoms with Crippen molar-refractivity contribution >= 4 is 5.69 Å². The first-order valence-corrected chi connectivity index (χ1v) is 6.74. The molecule has 1 aromatic heterocycles. The fraction of sp³-hybridized carbons (Fsp3) is 0.400. The summed E-state index contributed by atoms with van der Waals surface area (Å²) in [5, 5.41) is 0. The first-order chi connectivity index (χ1) is 9.54. The predicted octanol–water partition coefficient (Wildman–Crippen LogP) is 2.51. The molecule has 0 saturated heterocycles. The lowest BCUT2D eigenvalue weighted by Gasteiger charge is -2.09. The number of aryl methyl sites for hydroxylation is 1. The second-order valence-electron chi connectivity index (χ2n) is 4.98. The van der Waals surface area contributed by atoms with Gasteiger partial charge in [-0.1, -0.05) is 19.9 Å². The van der Waals surface area contributed by atoms with Crippen molar-refractivity contribution < 1.29 is 4.74 Å². The summed E-state index contributed by atoms with van der Waals surface area (Å²) in [4.78, 5) is 13.1. The molecule has 0 aliphatic carbocycles. The number of hydrogen-bond acceptors (Lipinski definition) is 5. The van der Waals surface area contributed by atoms with Gasteiger partial charge >= 0.3 is 0 Å². The molecule has 2 rings (SSSR count). The van der Waals surface area contributed by atoms with Crippen molar-refractivity contribution in [2.45, 2.75) is 33.1 Å². The predicted molar refractivity (Wildman–Crippen MR) is 78.7 cm³/mol. The smallest absolute Gasteiger partial charge is 0.136 e. The van der Waals surface area contributed by atoms with Gasteiger partial charge < -0.3 is 10.5 Å². The molecule has 5 heteroatoms. The number of nitrogens with zero attached hydrogens (tertiary/aromatic N) is 3. The number of ether oxygens (including phenoxy) is 1. The molecule has 2 aromatic rings. The molecule has 0 radical (unpaired) electrons. The lowest BCUT2D eigenvalue weighted by atomic mass is 10.2. The summed E-state index contributed by atoms with van der Waals surface area (Å²) in [5.41, 5.74) is 6.40. The van der Waals surface area contributed by atoms with Gasteiger partial charge in [-0.2, -0.15) is 0 Å². The van der Waals surface area contributed by atoms with Crippen LogP contribution in [0.1, 0.15) is 37.2 Å². The SMILES string of the molecule is Cc1nc(CCOc2cccc(N)c2)nc(C(C)C)n1. The second-order valence-corrected chi connectivity index (χ2v) is 4.98. The molecule has 5 nitrogen and oxygen atoms in total. The van der Waals surface area contributed by atoms with E-state index in [0.29, 0.717) is 24.6 Å². The quantitative estimate of drug-likeness (QED) is 0.846. The molecule has 0 fully saturated rings. The van der Waals surface area contributed by atoms with E-state index < -0.39 is 0 Å². The first kappa shape index (κ1) is 14.2. The van der Waals surface area contributed by atoms with E-state index >= 15 is 0 Å². The standard InChI is InChI=1S/C15H20N4O/c1-10(2)15-18-11(3)17-14(19-15)7-8-20-13-6-4-5-12(16)9-13/h4-6,9-10H,7-8,16H2,1-3H3. The van der Waals surface area contributed by atoms with Crippen LogP contribution in [0.3, 0.4) is 0 Å². The molecule has 0 bridgehead atoms. The Bertz CT molecular complexity index is 584. The van der Waals surface area contributed by atoms with E-state index in [2.05, 4.69) is 28.8 Å². The van der Waals surface area contributed by atoms with Crippen LogP contribution in [-0.4, -0.2) is 21.6 Å². The molecule has 0 aliphatic heterocycles. The largest absolute Gasteiger partial charge is 0.493 e. The molecular formula is C15H20N4O. The van der Waals surface area contributed by atoms with Gasteiger partial charge in [0.2, 0.25) is 0 Å². The molecule has 0 unspecified atom stereocenters. The Kier molecular flexibility index (Phi) is 4.50. The van der Waals surface area contributed by atoms with Gasteiger partial charge in [-0.15, -0.1) is 0 Å². The summed E-state index contributed by atoms with van der Waals surface area (Å²) < 4.78 is 5.65. The van der Waals surface area contributed by atoms with E-state index in [1.807, 2.05) is 25.1 Å². The number of hydrogen-bond donors (Lipinski definition) is 1. The molecule has 0 aliphatic rings. The number of nitrogen functional groups attached to an aromatic ring is 1. The van der Waals surface area contributed by atoms with Crippen LogP contribution in [0.2, 0.25) is 0 Å². The Labute approximate surface area is 119 Å². The molecule has 0 amide bonds. The van der Waals surface area contributed by atoms with E-state index in [1.165, 1.54) is 0 Å². The third-order valence-corrected chi connectivity index (χ3v) is 2.78. The lowest BCUT2D eigenvalue weighted by Crippen LogP contribution is -2.10. The molecule has 20 heavy (non-hydrogen) atoms. The van der Waals surface area contributed by atoms with Gasteiger partial charge in [0.05, 0.1) is 6.61 Å². The van der Waals surface area contributed by atoms with Crippen molar-refractivity contribution in [1.29, 1.82) is 0 Å². The normalized spacial score (nSPS) is 10.8. The Balaban J connectivity index is 1.97. The Hall–Kier alpha value is -2.17. The van der Waals surface area contributed by atoms with Crippen LogP contribution in [0, 0.1) is 6.92 Å². The van der Waals surface area contributed by atoms with Gasteiger partial charge in [0, 0.05) is 24.1 Å². The molecule has 2 N–H and O–H groups in total. The third-order valence-electron chi connectivity index (χ3n) is 2.78. The third kappa shape index (κ3) is 3.91.